The van der Waals surface area contributed by atoms with Crippen LogP contribution in [-0.4, -0.2) is 41.5 Å². The molecule has 25 heavy (non-hydrogen) atoms. The molecular weight excluding hydrogens is 360 g/mol. The van der Waals surface area contributed by atoms with Gasteiger partial charge < -0.3 is 15.4 Å². The summed E-state index contributed by atoms with van der Waals surface area (Å²) in [5.41, 5.74) is 2.21. The maximum atomic E-state index is 11.6. The number of benzene rings is 1. The van der Waals surface area contributed by atoms with Gasteiger partial charge in [-0.1, -0.05) is 49.1 Å². The van der Waals surface area contributed by atoms with Crippen LogP contribution in [0, 0.1) is 0 Å². The third-order valence-electron chi connectivity index (χ3n) is 3.22. The maximum Gasteiger partial charge on any atom is 0.325 e. The molecule has 0 bridgehead atoms. The van der Waals surface area contributed by atoms with Crippen molar-refractivity contribution in [1.29, 1.82) is 0 Å². The zero-order valence-corrected chi connectivity index (χ0v) is 15.9. The Morgan fingerprint density at radius 2 is 1.96 bits per heavy atom. The Morgan fingerprint density at radius 3 is 2.60 bits per heavy atom. The topological polar surface area (TPSA) is 93.2 Å². The summed E-state index contributed by atoms with van der Waals surface area (Å²) in [6, 6.07) is 8.16. The summed E-state index contributed by atoms with van der Waals surface area (Å²) in [5.74, 6) is -0.0909. The number of hydrogen-bond acceptors (Lipinski definition) is 8. The first-order valence-corrected chi connectivity index (χ1v) is 9.45. The molecule has 0 radical (unpaired) electrons. The predicted molar refractivity (Wildman–Crippen MR) is 99.5 cm³/mol. The van der Waals surface area contributed by atoms with Crippen molar-refractivity contribution < 1.29 is 14.3 Å². The van der Waals surface area contributed by atoms with Crippen molar-refractivity contribution in [2.75, 3.05) is 24.7 Å². The highest BCUT2D eigenvalue weighted by atomic mass is 32.2. The highest BCUT2D eigenvalue weighted by Crippen LogP contribution is 2.28. The summed E-state index contributed by atoms with van der Waals surface area (Å²) in [6.45, 7) is 4.17. The highest BCUT2D eigenvalue weighted by Gasteiger charge is 2.10. The van der Waals surface area contributed by atoms with E-state index in [1.807, 2.05) is 12.1 Å². The first kappa shape index (κ1) is 19.2. The number of esters is 1. The van der Waals surface area contributed by atoms with Crippen LogP contribution in [0.5, 0.6) is 0 Å². The van der Waals surface area contributed by atoms with Crippen molar-refractivity contribution in [2.45, 2.75) is 24.1 Å². The van der Waals surface area contributed by atoms with Crippen LogP contribution >= 0.6 is 23.1 Å². The van der Waals surface area contributed by atoms with E-state index >= 15 is 0 Å². The molecule has 0 saturated heterocycles. The van der Waals surface area contributed by atoms with Crippen LogP contribution in [0.4, 0.5) is 10.8 Å². The van der Waals surface area contributed by atoms with Crippen molar-refractivity contribution >= 4 is 45.8 Å². The molecule has 0 saturated carbocycles. The number of amides is 1. The van der Waals surface area contributed by atoms with Gasteiger partial charge in [-0.05, 0) is 23.6 Å². The van der Waals surface area contributed by atoms with Gasteiger partial charge in [0, 0.05) is 5.69 Å². The third kappa shape index (κ3) is 6.35. The smallest absolute Gasteiger partial charge is 0.325 e. The Bertz CT molecular complexity index is 716. The number of methoxy groups -OCH3 is 1. The van der Waals surface area contributed by atoms with Crippen molar-refractivity contribution in [2.24, 2.45) is 0 Å². The van der Waals surface area contributed by atoms with Gasteiger partial charge in [0.1, 0.15) is 6.54 Å². The molecule has 2 rings (SSSR count). The fraction of sp³-hybridized carbons (Fsp3) is 0.375. The molecule has 2 N–H and O–H groups in total. The van der Waals surface area contributed by atoms with E-state index < -0.39 is 5.97 Å². The van der Waals surface area contributed by atoms with Crippen molar-refractivity contribution in [1.82, 2.24) is 15.5 Å². The quantitative estimate of drug-likeness (QED) is 0.537. The fourth-order valence-electron chi connectivity index (χ4n) is 1.81. The van der Waals surface area contributed by atoms with E-state index in [0.29, 0.717) is 15.4 Å². The average Bonchev–Trinajstić information content (AvgIpc) is 3.05. The van der Waals surface area contributed by atoms with Crippen LogP contribution in [0.25, 0.3) is 0 Å². The lowest BCUT2D eigenvalue weighted by atomic mass is 10.0. The van der Waals surface area contributed by atoms with Gasteiger partial charge in [-0.15, -0.1) is 10.2 Å². The molecule has 0 aliphatic heterocycles. The molecule has 9 heteroatoms. The van der Waals surface area contributed by atoms with E-state index in [0.717, 1.165) is 5.69 Å². The number of nitrogens with zero attached hydrogens (tertiary/aromatic N) is 2. The summed E-state index contributed by atoms with van der Waals surface area (Å²) >= 11 is 2.63. The highest BCUT2D eigenvalue weighted by molar-refractivity contribution is 8.01. The molecule has 7 nitrogen and oxygen atoms in total. The molecule has 0 fully saturated rings. The number of ether oxygens (including phenoxy) is 1. The summed E-state index contributed by atoms with van der Waals surface area (Å²) in [6.07, 6.45) is 0. The second kappa shape index (κ2) is 9.38. The summed E-state index contributed by atoms with van der Waals surface area (Å²) in [4.78, 5) is 22.6. The van der Waals surface area contributed by atoms with Gasteiger partial charge in [0.25, 0.3) is 0 Å². The van der Waals surface area contributed by atoms with Gasteiger partial charge in [0.15, 0.2) is 4.34 Å². The lowest BCUT2D eigenvalue weighted by molar-refractivity contribution is -0.140. The van der Waals surface area contributed by atoms with Crippen LogP contribution in [-0.2, 0) is 14.3 Å². The minimum Gasteiger partial charge on any atom is -0.468 e. The molecular formula is C16H20N4O3S2. The van der Waals surface area contributed by atoms with Crippen molar-refractivity contribution in [3.05, 3.63) is 29.8 Å². The summed E-state index contributed by atoms with van der Waals surface area (Å²) in [7, 11) is 1.27. The van der Waals surface area contributed by atoms with Gasteiger partial charge in [0.2, 0.25) is 11.0 Å². The number of thioether (sulfide) groups is 1. The van der Waals surface area contributed by atoms with Crippen LogP contribution in [0.15, 0.2) is 28.6 Å². The van der Waals surface area contributed by atoms with Crippen molar-refractivity contribution in [3.63, 3.8) is 0 Å². The lowest BCUT2D eigenvalue weighted by Crippen LogP contribution is -2.31. The number of hydrogen-bond donors (Lipinski definition) is 2. The van der Waals surface area contributed by atoms with Gasteiger partial charge in [-0.3, -0.25) is 9.59 Å². The van der Waals surface area contributed by atoms with Crippen molar-refractivity contribution in [3.8, 4) is 0 Å². The monoisotopic (exact) mass is 380 g/mol. The molecule has 1 amide bonds. The molecule has 1 aromatic carbocycles. The first-order valence-electron chi connectivity index (χ1n) is 7.64. The number of rotatable bonds is 8. The number of aromatic nitrogens is 2. The standard InChI is InChI=1S/C16H20N4O3S2/c1-10(2)11-4-6-12(7-5-11)18-15-19-20-16(25-15)24-9-13(21)17-8-14(22)23-3/h4-7,10H,8-9H2,1-3H3,(H,17,21)(H,18,19). The maximum absolute atomic E-state index is 11.6. The Morgan fingerprint density at radius 1 is 1.24 bits per heavy atom. The van der Waals surface area contributed by atoms with E-state index in [-0.39, 0.29) is 18.2 Å². The molecule has 0 aliphatic carbocycles. The number of anilines is 2. The second-order valence-electron chi connectivity index (χ2n) is 5.42. The normalized spacial score (nSPS) is 10.6. The van der Waals surface area contributed by atoms with Crippen LogP contribution < -0.4 is 10.6 Å². The van der Waals surface area contributed by atoms with Crippen LogP contribution in [0.3, 0.4) is 0 Å². The molecule has 0 spiro atoms. The zero-order valence-electron chi connectivity index (χ0n) is 14.2. The lowest BCUT2D eigenvalue weighted by Gasteiger charge is -2.06. The fourth-order valence-corrected chi connectivity index (χ4v) is 3.42. The molecule has 134 valence electrons. The summed E-state index contributed by atoms with van der Waals surface area (Å²) < 4.78 is 5.13. The molecule has 0 unspecified atom stereocenters. The van der Waals surface area contributed by atoms with Gasteiger partial charge in [-0.25, -0.2) is 0 Å². The molecule has 1 aromatic heterocycles. The summed E-state index contributed by atoms with van der Waals surface area (Å²) in [5, 5.41) is 14.4. The van der Waals surface area contributed by atoms with Crippen LogP contribution in [0.1, 0.15) is 25.3 Å². The number of nitrogens with one attached hydrogen (secondary N) is 2. The van der Waals surface area contributed by atoms with E-state index in [1.54, 1.807) is 0 Å². The Kier molecular flexibility index (Phi) is 7.20. The third-order valence-corrected chi connectivity index (χ3v) is 5.19. The average molecular weight is 380 g/mol. The SMILES string of the molecule is COC(=O)CNC(=O)CSc1nnc(Nc2ccc(C(C)C)cc2)s1. The van der Waals surface area contributed by atoms with Crippen LogP contribution in [0.2, 0.25) is 0 Å². The van der Waals surface area contributed by atoms with E-state index in [9.17, 15) is 9.59 Å². The van der Waals surface area contributed by atoms with Gasteiger partial charge >= 0.3 is 5.97 Å². The Labute approximate surface area is 154 Å². The predicted octanol–water partition coefficient (Wildman–Crippen LogP) is 2.79. The Hall–Kier alpha value is -2.13. The van der Waals surface area contributed by atoms with E-state index in [1.165, 1.54) is 35.8 Å². The molecule has 0 aliphatic rings. The van der Waals surface area contributed by atoms with E-state index in [4.69, 9.17) is 0 Å². The Balaban J connectivity index is 1.81. The van der Waals surface area contributed by atoms with Gasteiger partial charge in [0.05, 0.1) is 12.9 Å². The minimum atomic E-state index is -0.482. The first-order chi connectivity index (χ1) is 12.0. The van der Waals surface area contributed by atoms with E-state index in [2.05, 4.69) is 51.5 Å². The number of carbonyl (C=O) groups is 2. The molecule has 0 atom stereocenters. The second-order valence-corrected chi connectivity index (χ2v) is 7.62. The molecule has 2 aromatic rings. The zero-order chi connectivity index (χ0) is 18.2. The largest absolute Gasteiger partial charge is 0.468 e. The molecule has 1 heterocycles. The minimum absolute atomic E-state index is 0.134. The van der Waals surface area contributed by atoms with Gasteiger partial charge in [-0.2, -0.15) is 0 Å². The number of carbonyl (C=O) groups excluding carboxylic acids is 2.